The fourth-order valence-corrected chi connectivity index (χ4v) is 3.39. The maximum absolute atomic E-state index is 12.7. The normalized spacial score (nSPS) is 16.2. The second kappa shape index (κ2) is 6.47. The number of carbonyl (C=O) groups is 1. The van der Waals surface area contributed by atoms with E-state index < -0.39 is 0 Å². The molecule has 1 fully saturated rings. The second-order valence-electron chi connectivity index (χ2n) is 6.39. The zero-order valence-electron chi connectivity index (χ0n) is 13.5. The summed E-state index contributed by atoms with van der Waals surface area (Å²) in [4.78, 5) is 27.7. The fraction of sp³-hybridized carbons (Fsp3) is 0.389. The molecular formula is C18H21N5O. The minimum Gasteiger partial charge on any atom is -0.348 e. The second-order valence-corrected chi connectivity index (χ2v) is 6.39. The van der Waals surface area contributed by atoms with Gasteiger partial charge < -0.3 is 15.3 Å². The number of imidazole rings is 2. The minimum atomic E-state index is -0.102. The van der Waals surface area contributed by atoms with E-state index in [4.69, 9.17) is 0 Å². The van der Waals surface area contributed by atoms with Crippen LogP contribution < -0.4 is 5.32 Å². The van der Waals surface area contributed by atoms with Gasteiger partial charge in [0.1, 0.15) is 11.4 Å². The highest BCUT2D eigenvalue weighted by Gasteiger charge is 2.21. The molecule has 1 aliphatic carbocycles. The summed E-state index contributed by atoms with van der Waals surface area (Å²) in [5.41, 5.74) is 2.84. The van der Waals surface area contributed by atoms with Crippen LogP contribution in [-0.2, 0) is 0 Å². The van der Waals surface area contributed by atoms with Crippen LogP contribution in [0.15, 0.2) is 30.6 Å². The number of carbonyl (C=O) groups excluding carboxylic acids is 1. The van der Waals surface area contributed by atoms with Crippen LogP contribution >= 0.6 is 0 Å². The van der Waals surface area contributed by atoms with E-state index >= 15 is 0 Å². The van der Waals surface area contributed by atoms with E-state index in [0.717, 1.165) is 23.9 Å². The molecule has 4 rings (SSSR count). The van der Waals surface area contributed by atoms with E-state index in [2.05, 4.69) is 25.3 Å². The molecule has 0 radical (unpaired) electrons. The lowest BCUT2D eigenvalue weighted by Gasteiger charge is -2.15. The van der Waals surface area contributed by atoms with Gasteiger partial charge in [-0.3, -0.25) is 4.79 Å². The number of amides is 1. The van der Waals surface area contributed by atoms with Crippen LogP contribution in [0.25, 0.3) is 22.6 Å². The molecule has 0 aliphatic heterocycles. The first-order valence-electron chi connectivity index (χ1n) is 8.60. The van der Waals surface area contributed by atoms with Crippen LogP contribution in [-0.4, -0.2) is 31.9 Å². The smallest absolute Gasteiger partial charge is 0.270 e. The van der Waals surface area contributed by atoms with Gasteiger partial charge in [-0.15, -0.1) is 0 Å². The van der Waals surface area contributed by atoms with Crippen molar-refractivity contribution in [2.45, 2.75) is 44.6 Å². The quantitative estimate of drug-likeness (QED) is 0.646. The Hall–Kier alpha value is -2.63. The van der Waals surface area contributed by atoms with E-state index in [9.17, 15) is 4.79 Å². The van der Waals surface area contributed by atoms with Gasteiger partial charge in [0.15, 0.2) is 5.82 Å². The van der Waals surface area contributed by atoms with Crippen molar-refractivity contribution in [2.24, 2.45) is 0 Å². The highest BCUT2D eigenvalue weighted by atomic mass is 16.2. The zero-order chi connectivity index (χ0) is 16.4. The number of para-hydroxylation sites is 2. The first-order chi connectivity index (χ1) is 11.8. The average molecular weight is 323 g/mol. The molecule has 1 aromatic carbocycles. The van der Waals surface area contributed by atoms with Crippen molar-refractivity contribution in [1.82, 2.24) is 25.3 Å². The number of aromatic nitrogens is 4. The van der Waals surface area contributed by atoms with Crippen molar-refractivity contribution >= 4 is 16.9 Å². The van der Waals surface area contributed by atoms with Crippen molar-refractivity contribution in [3.8, 4) is 11.5 Å². The Labute approximate surface area is 140 Å². The van der Waals surface area contributed by atoms with Crippen molar-refractivity contribution in [2.75, 3.05) is 0 Å². The summed E-state index contributed by atoms with van der Waals surface area (Å²) in [6.45, 7) is 0. The number of nitrogens with zero attached hydrogens (tertiary/aromatic N) is 2. The van der Waals surface area contributed by atoms with Gasteiger partial charge in [0.05, 0.1) is 17.4 Å². The van der Waals surface area contributed by atoms with Crippen LogP contribution in [0.5, 0.6) is 0 Å². The fourth-order valence-electron chi connectivity index (χ4n) is 3.39. The lowest BCUT2D eigenvalue weighted by Crippen LogP contribution is -2.34. The lowest BCUT2D eigenvalue weighted by molar-refractivity contribution is 0.0929. The number of benzene rings is 1. The lowest BCUT2D eigenvalue weighted by atomic mass is 10.1. The molecule has 0 unspecified atom stereocenters. The summed E-state index contributed by atoms with van der Waals surface area (Å²) in [5.74, 6) is 0.512. The first-order valence-corrected chi connectivity index (χ1v) is 8.60. The van der Waals surface area contributed by atoms with E-state index in [-0.39, 0.29) is 11.9 Å². The van der Waals surface area contributed by atoms with E-state index in [1.807, 2.05) is 24.3 Å². The molecular weight excluding hydrogens is 302 g/mol. The number of fused-ring (bicyclic) bond motifs is 1. The molecule has 1 saturated carbocycles. The number of H-pyrrole nitrogens is 2. The van der Waals surface area contributed by atoms with Crippen LogP contribution in [0.3, 0.4) is 0 Å². The van der Waals surface area contributed by atoms with E-state index in [1.54, 1.807) is 6.33 Å². The van der Waals surface area contributed by atoms with Gasteiger partial charge in [-0.25, -0.2) is 9.97 Å². The van der Waals surface area contributed by atoms with Crippen LogP contribution in [0, 0.1) is 0 Å². The predicted molar refractivity (Wildman–Crippen MR) is 92.6 cm³/mol. The molecule has 6 nitrogen and oxygen atoms in total. The monoisotopic (exact) mass is 323 g/mol. The Morgan fingerprint density at radius 1 is 1.12 bits per heavy atom. The van der Waals surface area contributed by atoms with Crippen molar-refractivity contribution in [3.63, 3.8) is 0 Å². The third-order valence-corrected chi connectivity index (χ3v) is 4.67. The number of hydrogen-bond acceptors (Lipinski definition) is 3. The summed E-state index contributed by atoms with van der Waals surface area (Å²) in [5, 5.41) is 3.15. The van der Waals surface area contributed by atoms with E-state index in [0.29, 0.717) is 17.2 Å². The standard InChI is InChI=1S/C18H21N5O/c24-18(21-12-7-3-1-2-4-8-12)16-15(19-11-20-16)17-22-13-9-5-6-10-14(13)23-17/h5-6,9-12H,1-4,7-8H2,(H,19,20)(H,21,24)(H,22,23). The van der Waals surface area contributed by atoms with Crippen LogP contribution in [0.1, 0.15) is 49.0 Å². The molecule has 3 N–H and O–H groups in total. The van der Waals surface area contributed by atoms with Gasteiger partial charge in [0.2, 0.25) is 0 Å². The summed E-state index contributed by atoms with van der Waals surface area (Å²) in [6, 6.07) is 8.05. The van der Waals surface area contributed by atoms with Crippen molar-refractivity contribution in [1.29, 1.82) is 0 Å². The molecule has 0 saturated heterocycles. The highest BCUT2D eigenvalue weighted by molar-refractivity contribution is 5.98. The van der Waals surface area contributed by atoms with Gasteiger partial charge in [-0.1, -0.05) is 37.8 Å². The Morgan fingerprint density at radius 3 is 2.71 bits per heavy atom. The number of nitrogens with one attached hydrogen (secondary N) is 3. The molecule has 2 heterocycles. The largest absolute Gasteiger partial charge is 0.348 e. The molecule has 2 aromatic heterocycles. The summed E-state index contributed by atoms with van der Waals surface area (Å²) >= 11 is 0. The van der Waals surface area contributed by atoms with Crippen LogP contribution in [0.2, 0.25) is 0 Å². The van der Waals surface area contributed by atoms with Gasteiger partial charge in [-0.05, 0) is 25.0 Å². The summed E-state index contributed by atoms with van der Waals surface area (Å²) in [6.07, 6.45) is 8.56. The van der Waals surface area contributed by atoms with Gasteiger partial charge >= 0.3 is 0 Å². The number of hydrogen-bond donors (Lipinski definition) is 3. The summed E-state index contributed by atoms with van der Waals surface area (Å²) in [7, 11) is 0. The zero-order valence-corrected chi connectivity index (χ0v) is 13.5. The Morgan fingerprint density at radius 2 is 1.92 bits per heavy atom. The maximum atomic E-state index is 12.7. The molecule has 6 heteroatoms. The van der Waals surface area contributed by atoms with Gasteiger partial charge in [-0.2, -0.15) is 0 Å². The van der Waals surface area contributed by atoms with Gasteiger partial charge in [0, 0.05) is 6.04 Å². The topological polar surface area (TPSA) is 86.5 Å². The number of rotatable bonds is 3. The van der Waals surface area contributed by atoms with Gasteiger partial charge in [0.25, 0.3) is 5.91 Å². The first kappa shape index (κ1) is 14.9. The molecule has 0 atom stereocenters. The van der Waals surface area contributed by atoms with E-state index in [1.165, 1.54) is 25.7 Å². The van der Waals surface area contributed by atoms with Crippen molar-refractivity contribution < 1.29 is 4.79 Å². The van der Waals surface area contributed by atoms with Crippen molar-refractivity contribution in [3.05, 3.63) is 36.3 Å². The molecule has 0 spiro atoms. The van der Waals surface area contributed by atoms with Crippen LogP contribution in [0.4, 0.5) is 0 Å². The number of aromatic amines is 2. The molecule has 124 valence electrons. The highest BCUT2D eigenvalue weighted by Crippen LogP contribution is 2.22. The predicted octanol–water partition coefficient (Wildman–Crippen LogP) is 3.41. The molecule has 3 aromatic rings. The maximum Gasteiger partial charge on any atom is 0.270 e. The third-order valence-electron chi connectivity index (χ3n) is 4.67. The molecule has 1 aliphatic rings. The molecule has 1 amide bonds. The third kappa shape index (κ3) is 2.91. The minimum absolute atomic E-state index is 0.102. The molecule has 0 bridgehead atoms. The molecule has 24 heavy (non-hydrogen) atoms. The average Bonchev–Trinajstić information content (AvgIpc) is 3.16. The Kier molecular flexibility index (Phi) is 4.02. The SMILES string of the molecule is O=C(NC1CCCCCC1)c1[nH]cnc1-c1nc2ccccc2[nH]1. The Bertz CT molecular complexity index is 809. The Balaban J connectivity index is 1.58. The summed E-state index contributed by atoms with van der Waals surface area (Å²) < 4.78 is 0.